The molecule has 43 heavy (non-hydrogen) atoms. The highest BCUT2D eigenvalue weighted by atomic mass is 16.6. The molecule has 0 radical (unpaired) electrons. The Balaban J connectivity index is 1.19. The van der Waals surface area contributed by atoms with Crippen molar-refractivity contribution in [3.05, 3.63) is 59.6 Å². The van der Waals surface area contributed by atoms with Gasteiger partial charge < -0.3 is 35.6 Å². The van der Waals surface area contributed by atoms with E-state index in [0.29, 0.717) is 24.6 Å². The second-order valence-corrected chi connectivity index (χ2v) is 11.7. The molecule has 2 atom stereocenters. The summed E-state index contributed by atoms with van der Waals surface area (Å²) in [5.74, 6) is 7.47. The number of nitrogens with two attached hydrogens (primary N) is 1. The van der Waals surface area contributed by atoms with E-state index in [4.69, 9.17) is 10.5 Å². The van der Waals surface area contributed by atoms with E-state index in [1.165, 1.54) is 0 Å². The first-order valence-electron chi connectivity index (χ1n) is 14.6. The van der Waals surface area contributed by atoms with Gasteiger partial charge in [0.25, 0.3) is 0 Å². The summed E-state index contributed by atoms with van der Waals surface area (Å²) in [5, 5.41) is 2.55. The Bertz CT molecular complexity index is 1530. The summed E-state index contributed by atoms with van der Waals surface area (Å²) in [4.78, 5) is 56.2. The number of aromatic nitrogens is 4. The first kappa shape index (κ1) is 29.8. The number of nitrogens with one attached hydrogen (secondary N) is 3. The van der Waals surface area contributed by atoms with Gasteiger partial charge in [0.15, 0.2) is 0 Å². The molecule has 12 nitrogen and oxygen atoms in total. The monoisotopic (exact) mass is 586 g/mol. The Morgan fingerprint density at radius 3 is 2.23 bits per heavy atom. The topological polar surface area (TPSA) is 162 Å². The molecule has 3 amide bonds. The number of H-pyrrole nitrogens is 2. The number of carbonyl (C=O) groups excluding carboxylic acids is 3. The van der Waals surface area contributed by atoms with Gasteiger partial charge in [-0.1, -0.05) is 18.1 Å². The molecule has 2 saturated heterocycles. The lowest BCUT2D eigenvalue weighted by atomic mass is 10.1. The molecule has 2 aliphatic heterocycles. The van der Waals surface area contributed by atoms with Gasteiger partial charge in [-0.15, -0.1) is 0 Å². The lowest BCUT2D eigenvalue weighted by Crippen LogP contribution is -2.41. The van der Waals surface area contributed by atoms with Crippen LogP contribution in [0.4, 0.5) is 4.79 Å². The molecule has 1 aromatic carbocycles. The highest BCUT2D eigenvalue weighted by Gasteiger charge is 2.33. The highest BCUT2D eigenvalue weighted by molar-refractivity contribution is 5.83. The number of ether oxygens (including phenoxy) is 1. The van der Waals surface area contributed by atoms with Crippen molar-refractivity contribution in [1.29, 1.82) is 0 Å². The molecule has 4 heterocycles. The summed E-state index contributed by atoms with van der Waals surface area (Å²) >= 11 is 0. The number of amides is 3. The normalized spacial score (nSPS) is 18.3. The molecule has 2 aliphatic rings. The van der Waals surface area contributed by atoms with Crippen molar-refractivity contribution in [2.24, 2.45) is 5.73 Å². The van der Waals surface area contributed by atoms with Crippen molar-refractivity contribution in [3.63, 3.8) is 0 Å². The molecular formula is C31H38N8O4. The Morgan fingerprint density at radius 2 is 1.58 bits per heavy atom. The third kappa shape index (κ3) is 7.24. The summed E-state index contributed by atoms with van der Waals surface area (Å²) in [6, 6.07) is 7.54. The fourth-order valence-corrected chi connectivity index (χ4v) is 5.47. The smallest absolute Gasteiger partial charge is 0.408 e. The van der Waals surface area contributed by atoms with Gasteiger partial charge in [-0.3, -0.25) is 9.59 Å². The van der Waals surface area contributed by atoms with E-state index in [2.05, 4.69) is 37.1 Å². The molecule has 2 aromatic heterocycles. The first-order valence-corrected chi connectivity index (χ1v) is 14.6. The number of benzene rings is 1. The SMILES string of the molecule is CC(C)(C)OC(=O)NCC(=O)N1CCC[C@H]1c1ncc(-c2ccc(C#Cc3cnc([C@@H]4CCCN4C(=O)CN)[nH]3)cc2)[nH]1. The van der Waals surface area contributed by atoms with E-state index >= 15 is 0 Å². The maximum absolute atomic E-state index is 12.9. The van der Waals surface area contributed by atoms with Crippen LogP contribution in [-0.2, 0) is 14.3 Å². The van der Waals surface area contributed by atoms with E-state index in [0.717, 1.165) is 48.3 Å². The summed E-state index contributed by atoms with van der Waals surface area (Å²) < 4.78 is 5.23. The Labute approximate surface area is 250 Å². The number of aromatic amines is 2. The van der Waals surface area contributed by atoms with Crippen LogP contribution in [0.2, 0.25) is 0 Å². The first-order chi connectivity index (χ1) is 20.6. The van der Waals surface area contributed by atoms with Gasteiger partial charge in [-0.2, -0.15) is 0 Å². The Morgan fingerprint density at radius 1 is 0.953 bits per heavy atom. The van der Waals surface area contributed by atoms with Crippen molar-refractivity contribution >= 4 is 17.9 Å². The van der Waals surface area contributed by atoms with E-state index in [-0.39, 0.29) is 37.0 Å². The molecule has 5 N–H and O–H groups in total. The van der Waals surface area contributed by atoms with Gasteiger partial charge in [0.05, 0.1) is 36.7 Å². The molecule has 2 fully saturated rings. The van der Waals surface area contributed by atoms with Gasteiger partial charge >= 0.3 is 6.09 Å². The molecule has 0 unspecified atom stereocenters. The van der Waals surface area contributed by atoms with Crippen LogP contribution >= 0.6 is 0 Å². The maximum Gasteiger partial charge on any atom is 0.408 e. The van der Waals surface area contributed by atoms with E-state index < -0.39 is 11.7 Å². The van der Waals surface area contributed by atoms with Crippen LogP contribution in [0.5, 0.6) is 0 Å². The molecule has 0 saturated carbocycles. The zero-order valence-corrected chi connectivity index (χ0v) is 24.8. The van der Waals surface area contributed by atoms with Crippen molar-refractivity contribution in [2.75, 3.05) is 26.2 Å². The molecule has 12 heteroatoms. The number of alkyl carbamates (subject to hydrolysis) is 1. The Kier molecular flexibility index (Phi) is 8.82. The third-order valence-electron chi connectivity index (χ3n) is 7.46. The van der Waals surface area contributed by atoms with E-state index in [9.17, 15) is 14.4 Å². The average molecular weight is 587 g/mol. The fourth-order valence-electron chi connectivity index (χ4n) is 5.47. The third-order valence-corrected chi connectivity index (χ3v) is 7.46. The van der Waals surface area contributed by atoms with E-state index in [1.54, 1.807) is 43.0 Å². The fraction of sp³-hybridized carbons (Fsp3) is 0.452. The molecule has 0 aliphatic carbocycles. The van der Waals surface area contributed by atoms with Gasteiger partial charge in [0, 0.05) is 18.7 Å². The average Bonchev–Trinajstić information content (AvgIpc) is 3.79. The minimum absolute atomic E-state index is 0.00643. The van der Waals surface area contributed by atoms with Crippen molar-refractivity contribution in [1.82, 2.24) is 35.1 Å². The molecular weight excluding hydrogens is 548 g/mol. The summed E-state index contributed by atoms with van der Waals surface area (Å²) in [5.41, 5.74) is 8.23. The van der Waals surface area contributed by atoms with Crippen molar-refractivity contribution in [2.45, 2.75) is 64.1 Å². The summed E-state index contributed by atoms with van der Waals surface area (Å²) in [6.45, 7) is 6.48. The van der Waals surface area contributed by atoms with Crippen LogP contribution in [0.15, 0.2) is 36.7 Å². The number of rotatable bonds is 6. The number of imidazole rings is 2. The molecule has 5 rings (SSSR count). The maximum atomic E-state index is 12.9. The summed E-state index contributed by atoms with van der Waals surface area (Å²) in [7, 11) is 0. The molecule has 0 spiro atoms. The predicted octanol–water partition coefficient (Wildman–Crippen LogP) is 3.01. The van der Waals surface area contributed by atoms with Crippen molar-refractivity contribution in [3.8, 4) is 23.1 Å². The Hall–Kier alpha value is -4.63. The molecule has 3 aromatic rings. The van der Waals surface area contributed by atoms with Crippen LogP contribution in [-0.4, -0.2) is 79.4 Å². The second-order valence-electron chi connectivity index (χ2n) is 11.7. The zero-order valence-electron chi connectivity index (χ0n) is 24.8. The van der Waals surface area contributed by atoms with Crippen LogP contribution in [0, 0.1) is 11.8 Å². The van der Waals surface area contributed by atoms with Crippen LogP contribution in [0.25, 0.3) is 11.3 Å². The highest BCUT2D eigenvalue weighted by Crippen LogP contribution is 2.32. The predicted molar refractivity (Wildman–Crippen MR) is 159 cm³/mol. The standard InChI is InChI=1S/C31H38N8O4/c1-31(2,3)43-30(42)35-19-27(41)39-15-5-7-25(39)29-34-18-23(37-29)21-11-8-20(9-12-21)10-13-22-17-33-28(36-22)24-6-4-14-38(24)26(40)16-32/h8-9,11-12,17-18,24-25H,4-7,14-16,19,32H2,1-3H3,(H,33,36)(H,34,37)(H,35,42)/t24-,25-/m0/s1. The van der Waals surface area contributed by atoms with Gasteiger partial charge in [-0.05, 0) is 70.1 Å². The number of nitrogens with zero attached hydrogens (tertiary/aromatic N) is 4. The minimum Gasteiger partial charge on any atom is -0.444 e. The lowest BCUT2D eigenvalue weighted by Gasteiger charge is -2.24. The number of carbonyl (C=O) groups is 3. The van der Waals surface area contributed by atoms with Crippen LogP contribution in [0.1, 0.15) is 81.4 Å². The number of hydrogen-bond acceptors (Lipinski definition) is 7. The van der Waals surface area contributed by atoms with E-state index in [1.807, 2.05) is 24.3 Å². The molecule has 226 valence electrons. The lowest BCUT2D eigenvalue weighted by molar-refractivity contribution is -0.131. The number of hydrogen-bond donors (Lipinski definition) is 4. The van der Waals surface area contributed by atoms with Gasteiger partial charge in [0.1, 0.15) is 29.5 Å². The second kappa shape index (κ2) is 12.7. The van der Waals surface area contributed by atoms with Gasteiger partial charge in [-0.25, -0.2) is 14.8 Å². The summed E-state index contributed by atoms with van der Waals surface area (Å²) in [6.07, 6.45) is 6.26. The van der Waals surface area contributed by atoms with Crippen LogP contribution < -0.4 is 11.1 Å². The zero-order chi connectivity index (χ0) is 30.6. The van der Waals surface area contributed by atoms with Gasteiger partial charge in [0.2, 0.25) is 11.8 Å². The molecule has 0 bridgehead atoms. The van der Waals surface area contributed by atoms with Crippen LogP contribution in [0.3, 0.4) is 0 Å². The quantitative estimate of drug-likeness (QED) is 0.323. The minimum atomic E-state index is -0.631. The number of likely N-dealkylation sites (tertiary alicyclic amines) is 2. The largest absolute Gasteiger partial charge is 0.444 e. The van der Waals surface area contributed by atoms with Crippen molar-refractivity contribution < 1.29 is 19.1 Å².